The van der Waals surface area contributed by atoms with E-state index < -0.39 is 10.0 Å². The predicted octanol–water partition coefficient (Wildman–Crippen LogP) is 1.40. The van der Waals surface area contributed by atoms with Crippen molar-refractivity contribution in [2.75, 3.05) is 4.72 Å². The van der Waals surface area contributed by atoms with Crippen LogP contribution in [0.4, 0.5) is 5.82 Å². The van der Waals surface area contributed by atoms with Gasteiger partial charge in [0.1, 0.15) is 11.6 Å². The molecule has 0 aliphatic rings. The Labute approximate surface area is 111 Å². The summed E-state index contributed by atoms with van der Waals surface area (Å²) in [5.74, 6) is 0.156. The summed E-state index contributed by atoms with van der Waals surface area (Å²) < 4.78 is 28.1. The van der Waals surface area contributed by atoms with Gasteiger partial charge < -0.3 is 0 Å². The van der Waals surface area contributed by atoms with Gasteiger partial charge in [0, 0.05) is 7.05 Å². The molecule has 1 aromatic carbocycles. The minimum Gasteiger partial charge on any atom is -0.262 e. The molecule has 1 N–H and O–H groups in total. The zero-order valence-electron chi connectivity index (χ0n) is 10.5. The van der Waals surface area contributed by atoms with Gasteiger partial charge in [-0.2, -0.15) is 10.4 Å². The van der Waals surface area contributed by atoms with E-state index in [0.717, 1.165) is 5.56 Å². The van der Waals surface area contributed by atoms with Gasteiger partial charge >= 0.3 is 0 Å². The number of benzene rings is 1. The molecule has 0 spiro atoms. The molecule has 1 heterocycles. The first kappa shape index (κ1) is 13.1. The summed E-state index contributed by atoms with van der Waals surface area (Å²) in [4.78, 5) is 0.151. The molecular formula is C12H12N4O2S. The molecule has 19 heavy (non-hydrogen) atoms. The van der Waals surface area contributed by atoms with Gasteiger partial charge in [-0.3, -0.25) is 9.40 Å². The smallest absolute Gasteiger partial charge is 0.262 e. The van der Waals surface area contributed by atoms with Crippen LogP contribution in [0.15, 0.2) is 35.4 Å². The quantitative estimate of drug-likeness (QED) is 0.917. The highest BCUT2D eigenvalue weighted by atomic mass is 32.2. The molecule has 0 radical (unpaired) electrons. The first-order chi connectivity index (χ1) is 8.94. The van der Waals surface area contributed by atoms with Crippen molar-refractivity contribution < 1.29 is 8.42 Å². The molecular weight excluding hydrogens is 264 g/mol. The van der Waals surface area contributed by atoms with E-state index in [1.54, 1.807) is 19.2 Å². The summed E-state index contributed by atoms with van der Waals surface area (Å²) in [5.41, 5.74) is 1.02. The van der Waals surface area contributed by atoms with Gasteiger partial charge in [0.05, 0.1) is 11.1 Å². The van der Waals surface area contributed by atoms with Crippen LogP contribution in [0.25, 0.3) is 0 Å². The van der Waals surface area contributed by atoms with Gasteiger partial charge in [-0.05, 0) is 24.6 Å². The SMILES string of the molecule is Cc1cccc(S(=O)(=O)Nc2c(C#N)cnn2C)c1. The zero-order chi connectivity index (χ0) is 14.0. The van der Waals surface area contributed by atoms with Crippen LogP contribution in [-0.4, -0.2) is 18.2 Å². The zero-order valence-corrected chi connectivity index (χ0v) is 11.3. The number of hydrogen-bond donors (Lipinski definition) is 1. The Bertz CT molecular complexity index is 756. The largest absolute Gasteiger partial charge is 0.263 e. The topological polar surface area (TPSA) is 87.8 Å². The molecule has 0 atom stereocenters. The fourth-order valence-corrected chi connectivity index (χ4v) is 2.82. The number of nitrogens with one attached hydrogen (secondary N) is 1. The van der Waals surface area contributed by atoms with Gasteiger partial charge in [-0.15, -0.1) is 0 Å². The number of nitriles is 1. The number of anilines is 1. The van der Waals surface area contributed by atoms with Crippen LogP contribution in [0.3, 0.4) is 0 Å². The van der Waals surface area contributed by atoms with Crippen molar-refractivity contribution in [3.63, 3.8) is 0 Å². The monoisotopic (exact) mass is 276 g/mol. The summed E-state index contributed by atoms with van der Waals surface area (Å²) in [5, 5.41) is 12.8. The summed E-state index contributed by atoms with van der Waals surface area (Å²) in [7, 11) is -2.16. The second-order valence-electron chi connectivity index (χ2n) is 4.06. The molecule has 2 aromatic rings. The molecule has 6 nitrogen and oxygen atoms in total. The Balaban J connectivity index is 2.43. The second kappa shape index (κ2) is 4.74. The van der Waals surface area contributed by atoms with Crippen LogP contribution in [-0.2, 0) is 17.1 Å². The normalized spacial score (nSPS) is 11.0. The lowest BCUT2D eigenvalue weighted by Gasteiger charge is -2.09. The van der Waals surface area contributed by atoms with Crippen LogP contribution in [0, 0.1) is 18.3 Å². The number of nitrogens with zero attached hydrogens (tertiary/aromatic N) is 3. The molecule has 0 saturated carbocycles. The Morgan fingerprint density at radius 2 is 2.16 bits per heavy atom. The van der Waals surface area contributed by atoms with E-state index in [4.69, 9.17) is 5.26 Å². The molecule has 0 unspecified atom stereocenters. The van der Waals surface area contributed by atoms with Crippen LogP contribution >= 0.6 is 0 Å². The van der Waals surface area contributed by atoms with Crippen LogP contribution < -0.4 is 4.72 Å². The highest BCUT2D eigenvalue weighted by Gasteiger charge is 2.18. The molecule has 7 heteroatoms. The molecule has 98 valence electrons. The lowest BCUT2D eigenvalue weighted by Crippen LogP contribution is -2.16. The van der Waals surface area contributed by atoms with Crippen molar-refractivity contribution >= 4 is 15.8 Å². The number of sulfonamides is 1. The van der Waals surface area contributed by atoms with Crippen molar-refractivity contribution in [2.24, 2.45) is 7.05 Å². The van der Waals surface area contributed by atoms with Crippen LogP contribution in [0.2, 0.25) is 0 Å². The molecule has 0 amide bonds. The van der Waals surface area contributed by atoms with Gasteiger partial charge in [0.15, 0.2) is 5.82 Å². The third kappa shape index (κ3) is 2.58. The predicted molar refractivity (Wildman–Crippen MR) is 69.9 cm³/mol. The van der Waals surface area contributed by atoms with Gasteiger partial charge in [0.25, 0.3) is 10.0 Å². The standard InChI is InChI=1S/C12H12N4O2S/c1-9-4-3-5-11(6-9)19(17,18)15-12-10(7-13)8-14-16(12)2/h3-6,8,15H,1-2H3. The third-order valence-electron chi connectivity index (χ3n) is 2.59. The molecule has 0 saturated heterocycles. The van der Waals surface area contributed by atoms with E-state index in [0.29, 0.717) is 0 Å². The van der Waals surface area contributed by atoms with E-state index in [2.05, 4.69) is 9.82 Å². The van der Waals surface area contributed by atoms with E-state index in [-0.39, 0.29) is 16.3 Å². The summed E-state index contributed by atoms with van der Waals surface area (Å²) >= 11 is 0. The molecule has 1 aromatic heterocycles. The van der Waals surface area contributed by atoms with Gasteiger partial charge in [0.2, 0.25) is 0 Å². The maximum atomic E-state index is 12.2. The van der Waals surface area contributed by atoms with E-state index >= 15 is 0 Å². The van der Waals surface area contributed by atoms with E-state index in [9.17, 15) is 8.42 Å². The molecule has 0 bridgehead atoms. The minimum absolute atomic E-state index is 0.151. The number of aryl methyl sites for hydroxylation is 2. The maximum Gasteiger partial charge on any atom is 0.263 e. The molecule has 0 fully saturated rings. The van der Waals surface area contributed by atoms with Crippen molar-refractivity contribution in [1.29, 1.82) is 5.26 Å². The average molecular weight is 276 g/mol. The molecule has 0 aliphatic heterocycles. The van der Waals surface area contributed by atoms with E-state index in [1.807, 2.05) is 19.1 Å². The Kier molecular flexibility index (Phi) is 3.27. The minimum atomic E-state index is -3.72. The highest BCUT2D eigenvalue weighted by molar-refractivity contribution is 7.92. The molecule has 0 aliphatic carbocycles. The Morgan fingerprint density at radius 3 is 2.79 bits per heavy atom. The average Bonchev–Trinajstić information content (AvgIpc) is 2.70. The van der Waals surface area contributed by atoms with Crippen LogP contribution in [0.1, 0.15) is 11.1 Å². The van der Waals surface area contributed by atoms with Crippen molar-refractivity contribution in [3.8, 4) is 6.07 Å². The number of rotatable bonds is 3. The summed E-state index contributed by atoms with van der Waals surface area (Å²) in [6.45, 7) is 1.81. The lowest BCUT2D eigenvalue weighted by atomic mass is 10.2. The van der Waals surface area contributed by atoms with Crippen molar-refractivity contribution in [2.45, 2.75) is 11.8 Å². The van der Waals surface area contributed by atoms with E-state index in [1.165, 1.54) is 16.9 Å². The van der Waals surface area contributed by atoms with Gasteiger partial charge in [-0.25, -0.2) is 8.42 Å². The first-order valence-electron chi connectivity index (χ1n) is 5.45. The first-order valence-corrected chi connectivity index (χ1v) is 6.94. The lowest BCUT2D eigenvalue weighted by molar-refractivity contribution is 0.600. The number of hydrogen-bond acceptors (Lipinski definition) is 4. The Hall–Kier alpha value is -2.33. The molecule has 2 rings (SSSR count). The van der Waals surface area contributed by atoms with Gasteiger partial charge in [-0.1, -0.05) is 12.1 Å². The maximum absolute atomic E-state index is 12.2. The summed E-state index contributed by atoms with van der Waals surface area (Å²) in [6, 6.07) is 8.42. The Morgan fingerprint density at radius 1 is 1.42 bits per heavy atom. The highest BCUT2D eigenvalue weighted by Crippen LogP contribution is 2.19. The fraction of sp³-hybridized carbons (Fsp3) is 0.167. The fourth-order valence-electron chi connectivity index (χ4n) is 1.61. The number of aromatic nitrogens is 2. The van der Waals surface area contributed by atoms with Crippen molar-refractivity contribution in [3.05, 3.63) is 41.6 Å². The van der Waals surface area contributed by atoms with Crippen molar-refractivity contribution in [1.82, 2.24) is 9.78 Å². The second-order valence-corrected chi connectivity index (χ2v) is 5.75. The third-order valence-corrected chi connectivity index (χ3v) is 3.93. The summed E-state index contributed by atoms with van der Waals surface area (Å²) in [6.07, 6.45) is 1.31. The van der Waals surface area contributed by atoms with Crippen LogP contribution in [0.5, 0.6) is 0 Å².